The quantitative estimate of drug-likeness (QED) is 0.539. The number of benzene rings is 2. The van der Waals surface area contributed by atoms with Gasteiger partial charge in [-0.1, -0.05) is 30.3 Å². The van der Waals surface area contributed by atoms with E-state index in [0.717, 1.165) is 5.56 Å². The van der Waals surface area contributed by atoms with E-state index in [-0.39, 0.29) is 12.1 Å². The monoisotopic (exact) mass is 362 g/mol. The van der Waals surface area contributed by atoms with Gasteiger partial charge in [-0.3, -0.25) is 14.2 Å². The number of hydrogen-bond donors (Lipinski definition) is 1. The minimum atomic E-state index is -0.775. The van der Waals surface area contributed by atoms with Crippen molar-refractivity contribution in [2.75, 3.05) is 7.11 Å². The van der Waals surface area contributed by atoms with E-state index < -0.39 is 11.8 Å². The normalized spacial score (nSPS) is 11.0. The topological polar surface area (TPSA) is 91.4 Å². The lowest BCUT2D eigenvalue weighted by atomic mass is 10.1. The second-order valence-electron chi connectivity index (χ2n) is 5.86. The third kappa shape index (κ3) is 3.50. The Kier molecular flexibility index (Phi) is 5.17. The van der Waals surface area contributed by atoms with Crippen LogP contribution in [0, 0.1) is 0 Å². The Morgan fingerprint density at radius 3 is 2.52 bits per heavy atom. The second kappa shape index (κ2) is 7.70. The number of nitrogens with zero attached hydrogens (tertiary/aromatic N) is 1. The zero-order valence-corrected chi connectivity index (χ0v) is 14.7. The van der Waals surface area contributed by atoms with Crippen molar-refractivity contribution < 1.29 is 19.1 Å². The molecule has 0 spiro atoms. The van der Waals surface area contributed by atoms with Crippen molar-refractivity contribution in [3.05, 3.63) is 71.4 Å². The molecule has 0 aliphatic carbocycles. The maximum Gasteiger partial charge on any atom is 0.266 e. The fourth-order valence-electron chi connectivity index (χ4n) is 3.05. The maximum atomic E-state index is 12.9. The first-order valence-corrected chi connectivity index (χ1v) is 8.29. The van der Waals surface area contributed by atoms with Crippen LogP contribution in [0.2, 0.25) is 0 Å². The molecule has 1 amide bonds. The van der Waals surface area contributed by atoms with Crippen LogP contribution in [0.25, 0.3) is 17.0 Å². The van der Waals surface area contributed by atoms with Crippen LogP contribution in [0.1, 0.15) is 26.4 Å². The third-order valence-corrected chi connectivity index (χ3v) is 4.24. The van der Waals surface area contributed by atoms with Crippen LogP contribution in [0.3, 0.4) is 0 Å². The number of aldehydes is 1. The minimum absolute atomic E-state index is 0.00747. The van der Waals surface area contributed by atoms with Gasteiger partial charge in [0.05, 0.1) is 12.6 Å². The van der Waals surface area contributed by atoms with E-state index in [4.69, 9.17) is 10.5 Å². The van der Waals surface area contributed by atoms with Gasteiger partial charge in [-0.05, 0) is 35.4 Å². The first kappa shape index (κ1) is 18.1. The summed E-state index contributed by atoms with van der Waals surface area (Å²) in [6, 6.07) is 14.3. The number of aromatic nitrogens is 1. The molecule has 136 valence electrons. The van der Waals surface area contributed by atoms with Crippen molar-refractivity contribution >= 4 is 35.1 Å². The molecule has 0 atom stereocenters. The fourth-order valence-corrected chi connectivity index (χ4v) is 3.05. The van der Waals surface area contributed by atoms with Crippen molar-refractivity contribution in [1.82, 2.24) is 4.57 Å². The van der Waals surface area contributed by atoms with Crippen LogP contribution < -0.4 is 10.5 Å². The largest absolute Gasteiger partial charge is 0.497 e. The van der Waals surface area contributed by atoms with Crippen molar-refractivity contribution in [1.29, 1.82) is 0 Å². The molecule has 0 aliphatic heterocycles. The number of primary amides is 1. The lowest BCUT2D eigenvalue weighted by molar-refractivity contribution is -0.107. The molecule has 2 N–H and O–H groups in total. The van der Waals surface area contributed by atoms with Crippen LogP contribution in [0.5, 0.6) is 5.75 Å². The van der Waals surface area contributed by atoms with Crippen molar-refractivity contribution in [2.45, 2.75) is 6.42 Å². The smallest absolute Gasteiger partial charge is 0.266 e. The van der Waals surface area contributed by atoms with E-state index in [1.807, 2.05) is 30.3 Å². The molecular weight excluding hydrogens is 344 g/mol. The number of ether oxygens (including phenoxy) is 1. The molecular formula is C21H18N2O4. The molecule has 3 rings (SSSR count). The van der Waals surface area contributed by atoms with Gasteiger partial charge in [0, 0.05) is 17.9 Å². The number of carbonyl (C=O) groups is 3. The summed E-state index contributed by atoms with van der Waals surface area (Å²) in [5.74, 6) is -0.654. The van der Waals surface area contributed by atoms with E-state index in [1.54, 1.807) is 24.3 Å². The highest BCUT2D eigenvalue weighted by Crippen LogP contribution is 2.30. The van der Waals surface area contributed by atoms with Gasteiger partial charge >= 0.3 is 0 Å². The standard InChI is InChI=1S/C21H18N2O4/c1-27-15-8-9-18-17(13-15)16(11-12-24)20(21(22)26)23(18)19(25)10-7-14-5-3-2-4-6-14/h2-10,12-13H,11H2,1H3,(H2,22,26)/b10-7+. The molecule has 3 aromatic rings. The lowest BCUT2D eigenvalue weighted by Gasteiger charge is -2.05. The van der Waals surface area contributed by atoms with Gasteiger partial charge < -0.3 is 15.3 Å². The number of methoxy groups -OCH3 is 1. The van der Waals surface area contributed by atoms with E-state index in [1.165, 1.54) is 17.8 Å². The minimum Gasteiger partial charge on any atom is -0.497 e. The highest BCUT2D eigenvalue weighted by Gasteiger charge is 2.24. The third-order valence-electron chi connectivity index (χ3n) is 4.24. The van der Waals surface area contributed by atoms with Crippen LogP contribution in [-0.2, 0) is 11.2 Å². The molecule has 2 aromatic carbocycles. The molecule has 6 nitrogen and oxygen atoms in total. The molecule has 6 heteroatoms. The van der Waals surface area contributed by atoms with Crippen LogP contribution in [-0.4, -0.2) is 29.8 Å². The van der Waals surface area contributed by atoms with Crippen LogP contribution in [0.4, 0.5) is 0 Å². The Morgan fingerprint density at radius 2 is 1.89 bits per heavy atom. The van der Waals surface area contributed by atoms with E-state index in [0.29, 0.717) is 28.5 Å². The van der Waals surface area contributed by atoms with Gasteiger partial charge in [0.25, 0.3) is 11.8 Å². The van der Waals surface area contributed by atoms with Gasteiger partial charge in [-0.15, -0.1) is 0 Å². The average molecular weight is 362 g/mol. The maximum absolute atomic E-state index is 12.9. The Morgan fingerprint density at radius 1 is 1.15 bits per heavy atom. The first-order valence-electron chi connectivity index (χ1n) is 8.29. The average Bonchev–Trinajstić information content (AvgIpc) is 3.01. The van der Waals surface area contributed by atoms with Gasteiger partial charge in [0.2, 0.25) is 0 Å². The number of hydrogen-bond acceptors (Lipinski definition) is 4. The first-order chi connectivity index (χ1) is 13.1. The van der Waals surface area contributed by atoms with Gasteiger partial charge in [0.1, 0.15) is 17.7 Å². The molecule has 0 saturated heterocycles. The van der Waals surface area contributed by atoms with Crippen molar-refractivity contribution in [3.8, 4) is 5.75 Å². The van der Waals surface area contributed by atoms with Gasteiger partial charge in [-0.2, -0.15) is 0 Å². The Balaban J connectivity index is 2.19. The molecule has 0 bridgehead atoms. The predicted octanol–water partition coefficient (Wildman–Crippen LogP) is 2.84. The summed E-state index contributed by atoms with van der Waals surface area (Å²) in [5.41, 5.74) is 7.29. The molecule has 0 aliphatic rings. The number of allylic oxidation sites excluding steroid dienone is 1. The molecule has 1 heterocycles. The summed E-state index contributed by atoms with van der Waals surface area (Å²) in [6.07, 6.45) is 3.66. The Bertz CT molecular complexity index is 1050. The number of carbonyl (C=O) groups excluding carboxylic acids is 3. The molecule has 1 aromatic heterocycles. The molecule has 0 fully saturated rings. The Hall–Kier alpha value is -3.67. The number of nitrogens with two attached hydrogens (primary N) is 1. The summed E-state index contributed by atoms with van der Waals surface area (Å²) >= 11 is 0. The summed E-state index contributed by atoms with van der Waals surface area (Å²) in [5, 5.41) is 0.580. The van der Waals surface area contributed by atoms with Gasteiger partial charge in [-0.25, -0.2) is 0 Å². The van der Waals surface area contributed by atoms with E-state index in [9.17, 15) is 14.4 Å². The highest BCUT2D eigenvalue weighted by molar-refractivity contribution is 6.10. The molecule has 0 unspecified atom stereocenters. The van der Waals surface area contributed by atoms with Crippen molar-refractivity contribution in [2.24, 2.45) is 5.73 Å². The zero-order valence-electron chi connectivity index (χ0n) is 14.7. The van der Waals surface area contributed by atoms with Gasteiger partial charge in [0.15, 0.2) is 0 Å². The fraction of sp³-hybridized carbons (Fsp3) is 0.0952. The Labute approximate surface area is 155 Å². The zero-order chi connectivity index (χ0) is 19.4. The number of rotatable bonds is 6. The molecule has 0 saturated carbocycles. The molecule has 27 heavy (non-hydrogen) atoms. The van der Waals surface area contributed by atoms with Crippen molar-refractivity contribution in [3.63, 3.8) is 0 Å². The lowest BCUT2D eigenvalue weighted by Crippen LogP contribution is -2.22. The molecule has 0 radical (unpaired) electrons. The summed E-state index contributed by atoms with van der Waals surface area (Å²) in [6.45, 7) is 0. The highest BCUT2D eigenvalue weighted by atomic mass is 16.5. The second-order valence-corrected chi connectivity index (χ2v) is 5.86. The summed E-state index contributed by atoms with van der Waals surface area (Å²) in [7, 11) is 1.51. The van der Waals surface area contributed by atoms with Crippen LogP contribution in [0.15, 0.2) is 54.6 Å². The number of fused-ring (bicyclic) bond motifs is 1. The number of amides is 1. The van der Waals surface area contributed by atoms with E-state index in [2.05, 4.69) is 0 Å². The summed E-state index contributed by atoms with van der Waals surface area (Å²) < 4.78 is 6.46. The van der Waals surface area contributed by atoms with Crippen LogP contribution >= 0.6 is 0 Å². The summed E-state index contributed by atoms with van der Waals surface area (Å²) in [4.78, 5) is 36.1. The SMILES string of the molecule is COc1ccc2c(c1)c(CC=O)c(C(N)=O)n2C(=O)/C=C/c1ccccc1. The van der Waals surface area contributed by atoms with E-state index >= 15 is 0 Å². The predicted molar refractivity (Wildman–Crippen MR) is 103 cm³/mol.